The van der Waals surface area contributed by atoms with Crippen molar-refractivity contribution in [2.75, 3.05) is 19.0 Å². The van der Waals surface area contributed by atoms with Gasteiger partial charge in [0, 0.05) is 30.9 Å². The largest absolute Gasteiger partial charge is 0.378 e. The monoisotopic (exact) mass is 321 g/mol. The van der Waals surface area contributed by atoms with E-state index in [0.717, 1.165) is 40.8 Å². The molecule has 1 aliphatic carbocycles. The second-order valence-electron chi connectivity index (χ2n) is 6.21. The van der Waals surface area contributed by atoms with Crippen LogP contribution in [0.25, 0.3) is 12.2 Å². The van der Waals surface area contributed by atoms with Crippen LogP contribution in [0.15, 0.2) is 59.7 Å². The normalized spacial score (nSPS) is 17.7. The van der Waals surface area contributed by atoms with E-state index >= 15 is 0 Å². The molecule has 0 saturated heterocycles. The maximum absolute atomic E-state index is 13.0. The van der Waals surface area contributed by atoms with E-state index in [2.05, 4.69) is 0 Å². The van der Waals surface area contributed by atoms with Gasteiger partial charge in [-0.25, -0.2) is 4.39 Å². The smallest absolute Gasteiger partial charge is 0.185 e. The van der Waals surface area contributed by atoms with E-state index in [9.17, 15) is 9.18 Å². The minimum atomic E-state index is -0.267. The molecule has 1 aliphatic rings. The van der Waals surface area contributed by atoms with Crippen molar-refractivity contribution in [3.8, 4) is 0 Å². The van der Waals surface area contributed by atoms with Crippen LogP contribution in [0.1, 0.15) is 24.0 Å². The highest BCUT2D eigenvalue weighted by atomic mass is 19.1. The molecule has 0 aliphatic heterocycles. The number of ketones is 1. The number of halogens is 1. The highest BCUT2D eigenvalue weighted by Crippen LogP contribution is 2.29. The number of rotatable bonds is 3. The Hall–Kier alpha value is -2.68. The fourth-order valence-electron chi connectivity index (χ4n) is 2.81. The van der Waals surface area contributed by atoms with Crippen LogP contribution < -0.4 is 4.90 Å². The van der Waals surface area contributed by atoms with Crippen molar-refractivity contribution in [1.29, 1.82) is 0 Å². The van der Waals surface area contributed by atoms with E-state index in [-0.39, 0.29) is 11.6 Å². The molecule has 0 heterocycles. The molecule has 0 amide bonds. The van der Waals surface area contributed by atoms with Crippen molar-refractivity contribution in [3.05, 3.63) is 76.6 Å². The number of carbonyl (C=O) groups excluding carboxylic acids is 1. The van der Waals surface area contributed by atoms with Crippen LogP contribution in [0.2, 0.25) is 0 Å². The molecule has 1 fully saturated rings. The number of hydrogen-bond donors (Lipinski definition) is 0. The van der Waals surface area contributed by atoms with Gasteiger partial charge >= 0.3 is 0 Å². The number of Topliss-reactive ketones (excluding diaryl/α,β-unsaturated/α-hetero) is 1. The van der Waals surface area contributed by atoms with Crippen LogP contribution in [0.4, 0.5) is 10.1 Å². The minimum absolute atomic E-state index is 0.0935. The second kappa shape index (κ2) is 6.83. The summed E-state index contributed by atoms with van der Waals surface area (Å²) >= 11 is 0. The summed E-state index contributed by atoms with van der Waals surface area (Å²) in [7, 11) is 4.00. The molecule has 2 aromatic carbocycles. The lowest BCUT2D eigenvalue weighted by Crippen LogP contribution is -2.07. The molecule has 122 valence electrons. The molecular weight excluding hydrogens is 301 g/mol. The molecule has 0 radical (unpaired) electrons. The van der Waals surface area contributed by atoms with Crippen LogP contribution in [0, 0.1) is 5.82 Å². The second-order valence-corrected chi connectivity index (χ2v) is 6.21. The van der Waals surface area contributed by atoms with E-state index in [1.807, 2.05) is 55.4 Å². The third-order valence-electron chi connectivity index (χ3n) is 4.21. The van der Waals surface area contributed by atoms with Gasteiger partial charge in [-0.3, -0.25) is 4.79 Å². The number of carbonyl (C=O) groups is 1. The molecule has 0 aromatic heterocycles. The SMILES string of the molecule is CN(C)c1ccc(C=C2CCC(=Cc3ccc(F)cc3)C2=O)cc1. The number of allylic oxidation sites excluding steroid dienone is 2. The third-order valence-corrected chi connectivity index (χ3v) is 4.21. The van der Waals surface area contributed by atoms with Gasteiger partial charge in [0.05, 0.1) is 0 Å². The lowest BCUT2D eigenvalue weighted by Gasteiger charge is -2.11. The summed E-state index contributed by atoms with van der Waals surface area (Å²) in [6.45, 7) is 0. The molecule has 0 spiro atoms. The van der Waals surface area contributed by atoms with Crippen LogP contribution in [0.3, 0.4) is 0 Å². The molecular formula is C21H20FNO. The quantitative estimate of drug-likeness (QED) is 0.762. The topological polar surface area (TPSA) is 20.3 Å². The maximum atomic E-state index is 13.0. The van der Waals surface area contributed by atoms with Gasteiger partial charge in [0.1, 0.15) is 5.82 Å². The van der Waals surface area contributed by atoms with Gasteiger partial charge in [-0.05, 0) is 60.4 Å². The molecule has 3 heteroatoms. The summed E-state index contributed by atoms with van der Waals surface area (Å²) in [5.41, 5.74) is 4.65. The summed E-state index contributed by atoms with van der Waals surface area (Å²) in [6, 6.07) is 14.3. The molecule has 0 bridgehead atoms. The first kappa shape index (κ1) is 16.2. The van der Waals surface area contributed by atoms with Gasteiger partial charge in [0.25, 0.3) is 0 Å². The number of hydrogen-bond acceptors (Lipinski definition) is 2. The number of benzene rings is 2. The molecule has 2 aromatic rings. The zero-order chi connectivity index (χ0) is 17.1. The fraction of sp³-hybridized carbons (Fsp3) is 0.190. The Morgan fingerprint density at radius 1 is 0.833 bits per heavy atom. The highest BCUT2D eigenvalue weighted by Gasteiger charge is 2.22. The molecule has 3 rings (SSSR count). The van der Waals surface area contributed by atoms with Crippen molar-refractivity contribution in [1.82, 2.24) is 0 Å². The molecule has 2 nitrogen and oxygen atoms in total. The van der Waals surface area contributed by atoms with Gasteiger partial charge in [-0.15, -0.1) is 0 Å². The summed E-state index contributed by atoms with van der Waals surface area (Å²) in [5.74, 6) is -0.173. The number of anilines is 1. The summed E-state index contributed by atoms with van der Waals surface area (Å²) in [6.07, 6.45) is 5.31. The average molecular weight is 321 g/mol. The highest BCUT2D eigenvalue weighted by molar-refractivity contribution is 6.15. The minimum Gasteiger partial charge on any atom is -0.378 e. The first-order valence-corrected chi connectivity index (χ1v) is 8.02. The molecule has 0 N–H and O–H groups in total. The van der Waals surface area contributed by atoms with Crippen LogP contribution in [-0.4, -0.2) is 19.9 Å². The first-order chi connectivity index (χ1) is 11.5. The van der Waals surface area contributed by atoms with Gasteiger partial charge in [-0.1, -0.05) is 24.3 Å². The predicted molar refractivity (Wildman–Crippen MR) is 97.4 cm³/mol. The van der Waals surface area contributed by atoms with Crippen molar-refractivity contribution >= 4 is 23.6 Å². The van der Waals surface area contributed by atoms with Crippen molar-refractivity contribution in [2.45, 2.75) is 12.8 Å². The first-order valence-electron chi connectivity index (χ1n) is 8.02. The van der Waals surface area contributed by atoms with Crippen LogP contribution in [-0.2, 0) is 4.79 Å². The van der Waals surface area contributed by atoms with E-state index in [1.54, 1.807) is 12.1 Å². The zero-order valence-corrected chi connectivity index (χ0v) is 13.9. The lowest BCUT2D eigenvalue weighted by molar-refractivity contribution is -0.111. The predicted octanol–water partition coefficient (Wildman–Crippen LogP) is 4.72. The Labute approximate surface area is 141 Å². The van der Waals surface area contributed by atoms with Gasteiger partial charge in [0.15, 0.2) is 5.78 Å². The molecule has 24 heavy (non-hydrogen) atoms. The third kappa shape index (κ3) is 3.62. The fourth-order valence-corrected chi connectivity index (χ4v) is 2.81. The summed E-state index contributed by atoms with van der Waals surface area (Å²) < 4.78 is 13.0. The van der Waals surface area contributed by atoms with E-state index in [0.29, 0.717) is 0 Å². The molecule has 0 unspecified atom stereocenters. The summed E-state index contributed by atoms with van der Waals surface area (Å²) in [5, 5.41) is 0. The van der Waals surface area contributed by atoms with Crippen LogP contribution in [0.5, 0.6) is 0 Å². The molecule has 1 saturated carbocycles. The zero-order valence-electron chi connectivity index (χ0n) is 13.9. The standard InChI is InChI=1S/C21H20FNO/c1-23(2)20-11-5-16(6-12-20)14-18-8-7-17(21(18)24)13-15-3-9-19(22)10-4-15/h3-6,9-14H,7-8H2,1-2H3. The maximum Gasteiger partial charge on any atom is 0.185 e. The van der Waals surface area contributed by atoms with Gasteiger partial charge in [0.2, 0.25) is 0 Å². The average Bonchev–Trinajstić information content (AvgIpc) is 2.91. The Bertz CT molecular complexity index is 799. The van der Waals surface area contributed by atoms with E-state index in [1.165, 1.54) is 12.1 Å². The van der Waals surface area contributed by atoms with Crippen molar-refractivity contribution in [2.24, 2.45) is 0 Å². The molecule has 0 atom stereocenters. The van der Waals surface area contributed by atoms with E-state index in [4.69, 9.17) is 0 Å². The van der Waals surface area contributed by atoms with Crippen molar-refractivity contribution < 1.29 is 9.18 Å². The van der Waals surface area contributed by atoms with Gasteiger partial charge in [-0.2, -0.15) is 0 Å². The lowest BCUT2D eigenvalue weighted by atomic mass is 10.1. The Balaban J connectivity index is 1.79. The van der Waals surface area contributed by atoms with Crippen LogP contribution >= 0.6 is 0 Å². The van der Waals surface area contributed by atoms with Crippen molar-refractivity contribution in [3.63, 3.8) is 0 Å². The number of nitrogens with zero attached hydrogens (tertiary/aromatic N) is 1. The Kier molecular flexibility index (Phi) is 4.61. The summed E-state index contributed by atoms with van der Waals surface area (Å²) in [4.78, 5) is 14.6. The van der Waals surface area contributed by atoms with E-state index < -0.39 is 0 Å². The Morgan fingerprint density at radius 2 is 1.29 bits per heavy atom. The Morgan fingerprint density at radius 3 is 1.75 bits per heavy atom. The van der Waals surface area contributed by atoms with Gasteiger partial charge < -0.3 is 4.90 Å².